The monoisotopic (exact) mass is 248 g/mol. The first-order chi connectivity index (χ1) is 6.79. The number of rotatable bonds is 2. The number of aromatic nitrogens is 1. The minimum Gasteiger partial charge on any atom is -0.379 e. The van der Waals surface area contributed by atoms with Crippen molar-refractivity contribution in [3.05, 3.63) is 6.20 Å². The number of likely N-dealkylation sites (N-methyl/N-ethyl adjacent to an activating group) is 1. The van der Waals surface area contributed by atoms with Gasteiger partial charge in [-0.05, 0) is 7.05 Å². The highest BCUT2D eigenvalue weighted by atomic mass is 35.5. The quantitative estimate of drug-likeness (QED) is 0.857. The second-order valence-corrected chi connectivity index (χ2v) is 4.56. The molecule has 1 aromatic heterocycles. The van der Waals surface area contributed by atoms with Gasteiger partial charge in [-0.1, -0.05) is 11.3 Å². The smallest absolute Gasteiger partial charge is 0.187 e. The Morgan fingerprint density at radius 2 is 2.00 bits per heavy atom. The standard InChI is InChI=1S/C9H16N4S.ClH/c1-10-8-7-11-9(14-8)13-5-3-12(2)4-6-13;/h7,10H,3-6H2,1-2H3;1H. The molecule has 1 fully saturated rings. The first kappa shape index (κ1) is 12.5. The van der Waals surface area contributed by atoms with Gasteiger partial charge in [-0.2, -0.15) is 0 Å². The molecule has 1 saturated heterocycles. The average Bonchev–Trinajstić information content (AvgIpc) is 2.67. The molecule has 0 bridgehead atoms. The fraction of sp³-hybridized carbons (Fsp3) is 0.667. The average molecular weight is 249 g/mol. The molecule has 1 aromatic rings. The van der Waals surface area contributed by atoms with E-state index in [9.17, 15) is 0 Å². The van der Waals surface area contributed by atoms with E-state index >= 15 is 0 Å². The predicted molar refractivity (Wildman–Crippen MR) is 68.6 cm³/mol. The van der Waals surface area contributed by atoms with Gasteiger partial charge in [-0.15, -0.1) is 12.4 Å². The summed E-state index contributed by atoms with van der Waals surface area (Å²) in [6, 6.07) is 0. The lowest BCUT2D eigenvalue weighted by Crippen LogP contribution is -2.44. The van der Waals surface area contributed by atoms with Crippen LogP contribution >= 0.6 is 23.7 Å². The molecule has 1 aliphatic rings. The largest absolute Gasteiger partial charge is 0.379 e. The molecule has 0 aliphatic carbocycles. The minimum absolute atomic E-state index is 0. The predicted octanol–water partition coefficient (Wildman–Crippen LogP) is 1.36. The third kappa shape index (κ3) is 2.96. The second kappa shape index (κ2) is 5.53. The fourth-order valence-electron chi connectivity index (χ4n) is 1.52. The minimum atomic E-state index is 0. The lowest BCUT2D eigenvalue weighted by atomic mass is 10.3. The van der Waals surface area contributed by atoms with Gasteiger partial charge in [0, 0.05) is 33.2 Å². The summed E-state index contributed by atoms with van der Waals surface area (Å²) >= 11 is 1.73. The zero-order valence-electron chi connectivity index (χ0n) is 9.06. The Hall–Kier alpha value is -0.520. The molecule has 1 N–H and O–H groups in total. The van der Waals surface area contributed by atoms with E-state index in [1.165, 1.54) is 0 Å². The van der Waals surface area contributed by atoms with E-state index in [4.69, 9.17) is 0 Å². The van der Waals surface area contributed by atoms with Gasteiger partial charge in [-0.25, -0.2) is 4.98 Å². The summed E-state index contributed by atoms with van der Waals surface area (Å²) in [5.74, 6) is 0. The van der Waals surface area contributed by atoms with Crippen molar-refractivity contribution in [3.63, 3.8) is 0 Å². The highest BCUT2D eigenvalue weighted by Gasteiger charge is 2.16. The van der Waals surface area contributed by atoms with Crippen LogP contribution < -0.4 is 10.2 Å². The topological polar surface area (TPSA) is 31.4 Å². The van der Waals surface area contributed by atoms with Gasteiger partial charge in [0.15, 0.2) is 5.13 Å². The maximum absolute atomic E-state index is 4.40. The first-order valence-electron chi connectivity index (χ1n) is 4.86. The molecule has 86 valence electrons. The molecular weight excluding hydrogens is 232 g/mol. The molecule has 2 heterocycles. The summed E-state index contributed by atoms with van der Waals surface area (Å²) < 4.78 is 0. The van der Waals surface area contributed by atoms with E-state index < -0.39 is 0 Å². The van der Waals surface area contributed by atoms with Crippen LogP contribution in [-0.2, 0) is 0 Å². The molecule has 1 aliphatic heterocycles. The van der Waals surface area contributed by atoms with Crippen LogP contribution in [0.15, 0.2) is 6.20 Å². The molecule has 0 atom stereocenters. The van der Waals surface area contributed by atoms with Crippen LogP contribution in [0.3, 0.4) is 0 Å². The second-order valence-electron chi connectivity index (χ2n) is 3.55. The third-order valence-corrected chi connectivity index (χ3v) is 3.59. The first-order valence-corrected chi connectivity index (χ1v) is 5.68. The molecule has 0 spiro atoms. The van der Waals surface area contributed by atoms with Crippen molar-refractivity contribution in [1.82, 2.24) is 9.88 Å². The van der Waals surface area contributed by atoms with Crippen molar-refractivity contribution in [3.8, 4) is 0 Å². The van der Waals surface area contributed by atoms with E-state index in [1.807, 2.05) is 13.2 Å². The van der Waals surface area contributed by atoms with Gasteiger partial charge in [-0.3, -0.25) is 0 Å². The van der Waals surface area contributed by atoms with Crippen molar-refractivity contribution < 1.29 is 0 Å². The number of nitrogens with one attached hydrogen (secondary N) is 1. The van der Waals surface area contributed by atoms with E-state index in [-0.39, 0.29) is 12.4 Å². The number of anilines is 2. The normalized spacial score (nSPS) is 17.3. The number of nitrogens with zero attached hydrogens (tertiary/aromatic N) is 3. The number of thiazole rings is 1. The van der Waals surface area contributed by atoms with Gasteiger partial charge in [0.05, 0.1) is 6.20 Å². The van der Waals surface area contributed by atoms with Gasteiger partial charge < -0.3 is 15.1 Å². The maximum Gasteiger partial charge on any atom is 0.187 e. The third-order valence-electron chi connectivity index (χ3n) is 2.51. The molecule has 0 unspecified atom stereocenters. The van der Waals surface area contributed by atoms with Crippen LogP contribution in [0.1, 0.15) is 0 Å². The Morgan fingerprint density at radius 3 is 2.53 bits per heavy atom. The number of halogens is 1. The number of hydrogen-bond donors (Lipinski definition) is 1. The van der Waals surface area contributed by atoms with Gasteiger partial charge in [0.1, 0.15) is 5.00 Å². The summed E-state index contributed by atoms with van der Waals surface area (Å²) in [6.45, 7) is 4.45. The van der Waals surface area contributed by atoms with Crippen molar-refractivity contribution in [2.75, 3.05) is 50.5 Å². The van der Waals surface area contributed by atoms with Gasteiger partial charge >= 0.3 is 0 Å². The van der Waals surface area contributed by atoms with E-state index in [2.05, 4.69) is 27.1 Å². The molecule has 0 saturated carbocycles. The summed E-state index contributed by atoms with van der Waals surface area (Å²) in [5.41, 5.74) is 0. The zero-order chi connectivity index (χ0) is 9.97. The Bertz CT molecular complexity index is 296. The molecular formula is C9H17ClN4S. The van der Waals surface area contributed by atoms with Crippen molar-refractivity contribution >= 4 is 33.9 Å². The fourth-order valence-corrected chi connectivity index (χ4v) is 2.35. The van der Waals surface area contributed by atoms with E-state index in [1.54, 1.807) is 11.3 Å². The van der Waals surface area contributed by atoms with Crippen LogP contribution in [0.4, 0.5) is 10.1 Å². The lowest BCUT2D eigenvalue weighted by molar-refractivity contribution is 0.313. The number of piperazine rings is 1. The molecule has 2 rings (SSSR count). The van der Waals surface area contributed by atoms with Crippen LogP contribution in [0.25, 0.3) is 0 Å². The molecule has 6 heteroatoms. The van der Waals surface area contributed by atoms with Crippen LogP contribution in [0.2, 0.25) is 0 Å². The van der Waals surface area contributed by atoms with Crippen LogP contribution in [-0.4, -0.2) is 50.2 Å². The molecule has 0 aromatic carbocycles. The van der Waals surface area contributed by atoms with Gasteiger partial charge in [0.2, 0.25) is 0 Å². The molecule has 15 heavy (non-hydrogen) atoms. The Balaban J connectivity index is 0.00000112. The molecule has 0 radical (unpaired) electrons. The highest BCUT2D eigenvalue weighted by Crippen LogP contribution is 2.26. The van der Waals surface area contributed by atoms with Crippen molar-refractivity contribution in [1.29, 1.82) is 0 Å². The van der Waals surface area contributed by atoms with Crippen LogP contribution in [0, 0.1) is 0 Å². The van der Waals surface area contributed by atoms with Gasteiger partial charge in [0.25, 0.3) is 0 Å². The Morgan fingerprint density at radius 1 is 1.33 bits per heavy atom. The summed E-state index contributed by atoms with van der Waals surface area (Å²) in [5, 5.41) is 5.39. The SMILES string of the molecule is CNc1cnc(N2CCN(C)CC2)s1.Cl. The highest BCUT2D eigenvalue weighted by molar-refractivity contribution is 7.19. The molecule has 0 amide bonds. The van der Waals surface area contributed by atoms with Crippen molar-refractivity contribution in [2.24, 2.45) is 0 Å². The van der Waals surface area contributed by atoms with Crippen molar-refractivity contribution in [2.45, 2.75) is 0 Å². The summed E-state index contributed by atoms with van der Waals surface area (Å²) in [6.07, 6.45) is 1.90. The Kier molecular flexibility index (Phi) is 4.63. The summed E-state index contributed by atoms with van der Waals surface area (Å²) in [7, 11) is 4.10. The maximum atomic E-state index is 4.40. The van der Waals surface area contributed by atoms with E-state index in [0.29, 0.717) is 0 Å². The number of hydrogen-bond acceptors (Lipinski definition) is 5. The van der Waals surface area contributed by atoms with E-state index in [0.717, 1.165) is 36.3 Å². The Labute approximate surface area is 101 Å². The lowest BCUT2D eigenvalue weighted by Gasteiger charge is -2.31. The zero-order valence-corrected chi connectivity index (χ0v) is 10.7. The summed E-state index contributed by atoms with van der Waals surface area (Å²) in [4.78, 5) is 9.10. The molecule has 4 nitrogen and oxygen atoms in total. The van der Waals surface area contributed by atoms with Crippen LogP contribution in [0.5, 0.6) is 0 Å².